The standard InChI is InChI=1S/C59H48N4/c1-57(2,3)59(58(4,5)6)50-36-53(63(42-25-11-8-12-26-42)52-32-20-14-22-40(52)38-61)45-28-16-18-30-47(45)54(50)55-46-29-17-15-27-44(46)49-35-43(33-34-48(49)56(55)59)62(41-23-9-7-10-24-41)51-31-19-13-21-39(51)37-60/h7-36H,1-6H3. The van der Waals surface area contributed by atoms with Crippen LogP contribution < -0.4 is 9.80 Å². The molecule has 0 aliphatic heterocycles. The third-order valence-electron chi connectivity index (χ3n) is 13.4. The van der Waals surface area contributed by atoms with Crippen molar-refractivity contribution in [3.05, 3.63) is 204 Å². The zero-order valence-corrected chi connectivity index (χ0v) is 36.6. The Labute approximate surface area is 370 Å². The maximum atomic E-state index is 10.6. The van der Waals surface area contributed by atoms with E-state index in [9.17, 15) is 10.5 Å². The first-order chi connectivity index (χ1) is 30.5. The maximum Gasteiger partial charge on any atom is 0.101 e. The number of hydrogen-bond acceptors (Lipinski definition) is 4. The summed E-state index contributed by atoms with van der Waals surface area (Å²) in [6.45, 7) is 14.5. The smallest absolute Gasteiger partial charge is 0.101 e. The second-order valence-corrected chi connectivity index (χ2v) is 18.7. The van der Waals surface area contributed by atoms with E-state index < -0.39 is 5.41 Å². The molecule has 1 aliphatic carbocycles. The lowest BCUT2D eigenvalue weighted by molar-refractivity contribution is 0.0965. The van der Waals surface area contributed by atoms with Crippen molar-refractivity contribution in [3.63, 3.8) is 0 Å². The highest BCUT2D eigenvalue weighted by molar-refractivity contribution is 6.23. The lowest BCUT2D eigenvalue weighted by atomic mass is 9.49. The Morgan fingerprint density at radius 3 is 1.40 bits per heavy atom. The predicted molar refractivity (Wildman–Crippen MR) is 263 cm³/mol. The van der Waals surface area contributed by atoms with Crippen LogP contribution in [0.2, 0.25) is 0 Å². The first-order valence-corrected chi connectivity index (χ1v) is 21.7. The molecule has 304 valence electrons. The first-order valence-electron chi connectivity index (χ1n) is 21.7. The molecule has 0 N–H and O–H groups in total. The molecule has 10 rings (SSSR count). The van der Waals surface area contributed by atoms with Gasteiger partial charge in [-0.3, -0.25) is 0 Å². The number of nitrogens with zero attached hydrogens (tertiary/aromatic N) is 4. The molecule has 9 aromatic carbocycles. The molecular formula is C59H48N4. The maximum absolute atomic E-state index is 10.6. The Kier molecular flexibility index (Phi) is 9.25. The molecule has 9 aromatic rings. The molecule has 63 heavy (non-hydrogen) atoms. The van der Waals surface area contributed by atoms with Crippen molar-refractivity contribution in [2.24, 2.45) is 10.8 Å². The largest absolute Gasteiger partial charge is 0.309 e. The van der Waals surface area contributed by atoms with E-state index in [1.54, 1.807) is 0 Å². The average Bonchev–Trinajstić information content (AvgIpc) is 3.64. The van der Waals surface area contributed by atoms with Crippen molar-refractivity contribution in [2.45, 2.75) is 47.0 Å². The van der Waals surface area contributed by atoms with Gasteiger partial charge in [0.15, 0.2) is 0 Å². The molecule has 0 saturated heterocycles. The molecule has 0 aromatic heterocycles. The molecule has 0 atom stereocenters. The highest BCUT2D eigenvalue weighted by Crippen LogP contribution is 2.69. The summed E-state index contributed by atoms with van der Waals surface area (Å²) in [6.07, 6.45) is 0. The molecular weight excluding hydrogens is 765 g/mol. The minimum Gasteiger partial charge on any atom is -0.309 e. The number of anilines is 6. The van der Waals surface area contributed by atoms with Gasteiger partial charge in [0, 0.05) is 27.9 Å². The fourth-order valence-electron chi connectivity index (χ4n) is 11.4. The Balaban J connectivity index is 1.36. The van der Waals surface area contributed by atoms with Gasteiger partial charge in [-0.2, -0.15) is 10.5 Å². The topological polar surface area (TPSA) is 54.1 Å². The number of fused-ring (bicyclic) bond motifs is 10. The van der Waals surface area contributed by atoms with Gasteiger partial charge in [0.05, 0.1) is 28.2 Å². The molecule has 0 spiro atoms. The van der Waals surface area contributed by atoms with Crippen LogP contribution in [-0.4, -0.2) is 0 Å². The Morgan fingerprint density at radius 1 is 0.381 bits per heavy atom. The number of rotatable bonds is 6. The molecule has 0 bridgehead atoms. The van der Waals surface area contributed by atoms with Gasteiger partial charge in [-0.1, -0.05) is 157 Å². The number of nitriles is 2. The van der Waals surface area contributed by atoms with Crippen LogP contribution in [0.5, 0.6) is 0 Å². The summed E-state index contributed by atoms with van der Waals surface area (Å²) in [7, 11) is 0. The second-order valence-electron chi connectivity index (χ2n) is 18.7. The van der Waals surface area contributed by atoms with Gasteiger partial charge in [-0.05, 0) is 127 Å². The van der Waals surface area contributed by atoms with Crippen molar-refractivity contribution in [3.8, 4) is 23.3 Å². The Hall–Kier alpha value is -7.66. The minimum absolute atomic E-state index is 0.289. The summed E-state index contributed by atoms with van der Waals surface area (Å²) < 4.78 is 0. The van der Waals surface area contributed by atoms with Crippen LogP contribution in [0.3, 0.4) is 0 Å². The van der Waals surface area contributed by atoms with Gasteiger partial charge in [0.1, 0.15) is 12.1 Å². The molecule has 0 amide bonds. The van der Waals surface area contributed by atoms with Crippen LogP contribution in [0.4, 0.5) is 34.1 Å². The Morgan fingerprint density at radius 2 is 0.841 bits per heavy atom. The highest BCUT2D eigenvalue weighted by atomic mass is 15.2. The lowest BCUT2D eigenvalue weighted by Crippen LogP contribution is -2.50. The lowest BCUT2D eigenvalue weighted by Gasteiger charge is -2.53. The number of benzene rings is 9. The summed E-state index contributed by atoms with van der Waals surface area (Å²) in [5.41, 5.74) is 11.0. The van der Waals surface area contributed by atoms with E-state index in [-0.39, 0.29) is 10.8 Å². The van der Waals surface area contributed by atoms with Gasteiger partial charge < -0.3 is 9.80 Å². The molecule has 0 radical (unpaired) electrons. The molecule has 1 aliphatic rings. The van der Waals surface area contributed by atoms with Gasteiger partial charge in [-0.25, -0.2) is 0 Å². The van der Waals surface area contributed by atoms with Crippen LogP contribution >= 0.6 is 0 Å². The van der Waals surface area contributed by atoms with E-state index in [0.29, 0.717) is 11.1 Å². The minimum atomic E-state index is -0.517. The fourth-order valence-corrected chi connectivity index (χ4v) is 11.4. The van der Waals surface area contributed by atoms with Crippen LogP contribution in [0.1, 0.15) is 63.8 Å². The van der Waals surface area contributed by atoms with E-state index in [4.69, 9.17) is 0 Å². The van der Waals surface area contributed by atoms with Crippen LogP contribution in [-0.2, 0) is 5.41 Å². The molecule has 0 saturated carbocycles. The molecule has 0 heterocycles. The molecule has 0 fully saturated rings. The zero-order chi connectivity index (χ0) is 43.7. The van der Waals surface area contributed by atoms with Gasteiger partial charge in [0.25, 0.3) is 0 Å². The zero-order valence-electron chi connectivity index (χ0n) is 36.6. The van der Waals surface area contributed by atoms with Crippen molar-refractivity contribution in [1.82, 2.24) is 0 Å². The van der Waals surface area contributed by atoms with Gasteiger partial charge in [0.2, 0.25) is 0 Å². The average molecular weight is 813 g/mol. The number of para-hydroxylation sites is 4. The van der Waals surface area contributed by atoms with E-state index in [0.717, 1.165) is 39.5 Å². The van der Waals surface area contributed by atoms with E-state index in [1.165, 1.54) is 49.2 Å². The fraction of sp³-hybridized carbons (Fsp3) is 0.153. The van der Waals surface area contributed by atoms with Gasteiger partial charge >= 0.3 is 0 Å². The SMILES string of the molecule is CC(C)(C)C1(C(C)(C)C)c2cc(N(c3ccccc3)c3ccccc3C#N)c3ccccc3c2-c2c1c1ccc(N(c3ccccc3)c3ccccc3C#N)cc1c1ccccc21. The summed E-state index contributed by atoms with van der Waals surface area (Å²) >= 11 is 0. The van der Waals surface area contributed by atoms with E-state index in [1.807, 2.05) is 54.6 Å². The first kappa shape index (κ1) is 39.5. The highest BCUT2D eigenvalue weighted by Gasteiger charge is 2.59. The van der Waals surface area contributed by atoms with Crippen LogP contribution in [0.15, 0.2) is 182 Å². The Bertz CT molecular complexity index is 3320. The van der Waals surface area contributed by atoms with Crippen molar-refractivity contribution in [2.75, 3.05) is 9.80 Å². The third kappa shape index (κ3) is 5.86. The predicted octanol–water partition coefficient (Wildman–Crippen LogP) is 16.2. The second kappa shape index (κ2) is 14.8. The van der Waals surface area contributed by atoms with Gasteiger partial charge in [-0.15, -0.1) is 0 Å². The van der Waals surface area contributed by atoms with E-state index >= 15 is 0 Å². The van der Waals surface area contributed by atoms with E-state index in [2.05, 4.69) is 191 Å². The quantitative estimate of drug-likeness (QED) is 0.157. The monoisotopic (exact) mass is 812 g/mol. The summed E-state index contributed by atoms with van der Waals surface area (Å²) in [4.78, 5) is 4.51. The number of hydrogen-bond donors (Lipinski definition) is 0. The van der Waals surface area contributed by atoms with Crippen molar-refractivity contribution < 1.29 is 0 Å². The summed E-state index contributed by atoms with van der Waals surface area (Å²) in [5.74, 6) is 0. The van der Waals surface area contributed by atoms with Crippen LogP contribution in [0.25, 0.3) is 43.4 Å². The normalized spacial score (nSPS) is 13.0. The summed E-state index contributed by atoms with van der Waals surface area (Å²) in [5, 5.41) is 28.0. The summed E-state index contributed by atoms with van der Waals surface area (Å²) in [6, 6.07) is 68.8. The van der Waals surface area contributed by atoms with Crippen LogP contribution in [0, 0.1) is 33.5 Å². The molecule has 4 nitrogen and oxygen atoms in total. The molecule has 0 unspecified atom stereocenters. The third-order valence-corrected chi connectivity index (χ3v) is 13.4. The van der Waals surface area contributed by atoms with Crippen molar-refractivity contribution in [1.29, 1.82) is 10.5 Å². The molecule has 4 heteroatoms. The van der Waals surface area contributed by atoms with Crippen molar-refractivity contribution >= 4 is 66.4 Å².